The highest BCUT2D eigenvalue weighted by Gasteiger charge is 2.46. The van der Waals surface area contributed by atoms with E-state index in [1.807, 2.05) is 6.07 Å². The fourth-order valence-corrected chi connectivity index (χ4v) is 4.94. The van der Waals surface area contributed by atoms with E-state index in [0.717, 1.165) is 4.90 Å². The molecule has 0 spiro atoms. The monoisotopic (exact) mass is 484 g/mol. The number of ether oxygens (including phenoxy) is 2. The van der Waals surface area contributed by atoms with Gasteiger partial charge in [-0.05, 0) is 50.8 Å². The molecule has 2 atom stereocenters. The van der Waals surface area contributed by atoms with E-state index in [4.69, 9.17) is 9.47 Å². The van der Waals surface area contributed by atoms with E-state index in [1.54, 1.807) is 6.92 Å². The van der Waals surface area contributed by atoms with Crippen LogP contribution in [0.25, 0.3) is 0 Å². The molecule has 0 bridgehead atoms. The molecule has 35 heavy (non-hydrogen) atoms. The van der Waals surface area contributed by atoms with Gasteiger partial charge in [0.25, 0.3) is 5.91 Å². The number of carbonyl (C=O) groups excluding carboxylic acids is 3. The van der Waals surface area contributed by atoms with Crippen LogP contribution in [0, 0.1) is 23.2 Å². The molecule has 11 heteroatoms. The Labute approximate surface area is 202 Å². The number of amides is 4. The molecule has 2 saturated heterocycles. The molecule has 4 rings (SSSR count). The molecule has 4 amide bonds. The number of nitrogens with zero attached hydrogens (tertiary/aromatic N) is 3. The summed E-state index contributed by atoms with van der Waals surface area (Å²) in [7, 11) is 0. The second kappa shape index (κ2) is 10.4. The van der Waals surface area contributed by atoms with E-state index >= 15 is 0 Å². The Kier molecular flexibility index (Phi) is 7.33. The van der Waals surface area contributed by atoms with E-state index in [1.165, 1.54) is 23.1 Å². The van der Waals surface area contributed by atoms with Crippen LogP contribution >= 0.6 is 0 Å². The molecule has 0 aliphatic carbocycles. The Morgan fingerprint density at radius 3 is 2.11 bits per heavy atom. The lowest BCUT2D eigenvalue weighted by atomic mass is 9.96. The van der Waals surface area contributed by atoms with E-state index in [2.05, 4.69) is 5.32 Å². The first-order valence-electron chi connectivity index (χ1n) is 11.7. The fraction of sp³-hybridized carbons (Fsp3) is 0.542. The van der Waals surface area contributed by atoms with Crippen LogP contribution in [0.2, 0.25) is 0 Å². The number of fused-ring (bicyclic) bond motifs is 1. The standard InChI is InChI=1S/C24H28N4O7/c1-14-20(26-24(32)33)23(31)28(22(30)17-6-10-35-11-7-17)18-3-2-15(13-25)12-19(18)27(14)21(29)16-4-8-34-9-5-16/h2-3,12,14,16-17,20,26H,4-11H2,1H3,(H,32,33)/t14-,20-/m0/s1. The molecule has 11 nitrogen and oxygen atoms in total. The van der Waals surface area contributed by atoms with Crippen molar-refractivity contribution in [1.82, 2.24) is 5.32 Å². The van der Waals surface area contributed by atoms with E-state index < -0.39 is 41.8 Å². The van der Waals surface area contributed by atoms with Gasteiger partial charge in [-0.3, -0.25) is 14.4 Å². The zero-order valence-corrected chi connectivity index (χ0v) is 19.4. The summed E-state index contributed by atoms with van der Waals surface area (Å²) in [5.41, 5.74) is 0.639. The first kappa shape index (κ1) is 24.6. The molecule has 3 aliphatic rings. The molecule has 2 N–H and O–H groups in total. The maximum absolute atomic E-state index is 13.8. The SMILES string of the molecule is C[C@H]1[C@H](NC(=O)O)C(=O)N(C(=O)C2CCOCC2)c2ccc(C#N)cc2N1C(=O)C1CCOCC1. The Morgan fingerprint density at radius 1 is 1.00 bits per heavy atom. The smallest absolute Gasteiger partial charge is 0.405 e. The molecule has 0 saturated carbocycles. The van der Waals surface area contributed by atoms with Crippen molar-refractivity contribution in [2.24, 2.45) is 11.8 Å². The molecular weight excluding hydrogens is 456 g/mol. The summed E-state index contributed by atoms with van der Waals surface area (Å²) in [6.07, 6.45) is 0.350. The van der Waals surface area contributed by atoms with Crippen molar-refractivity contribution in [3.05, 3.63) is 23.8 Å². The highest BCUT2D eigenvalue weighted by Crippen LogP contribution is 2.39. The van der Waals surface area contributed by atoms with Crippen molar-refractivity contribution in [2.45, 2.75) is 44.7 Å². The van der Waals surface area contributed by atoms with Gasteiger partial charge in [0.2, 0.25) is 11.8 Å². The van der Waals surface area contributed by atoms with Gasteiger partial charge < -0.3 is 24.8 Å². The maximum Gasteiger partial charge on any atom is 0.405 e. The minimum atomic E-state index is -1.45. The molecule has 1 aromatic carbocycles. The van der Waals surface area contributed by atoms with Crippen LogP contribution in [0.15, 0.2) is 18.2 Å². The van der Waals surface area contributed by atoms with Gasteiger partial charge in [-0.15, -0.1) is 0 Å². The molecule has 1 aromatic rings. The van der Waals surface area contributed by atoms with Crippen LogP contribution in [0.4, 0.5) is 16.2 Å². The number of carbonyl (C=O) groups is 4. The molecule has 2 fully saturated rings. The summed E-state index contributed by atoms with van der Waals surface area (Å²) in [6, 6.07) is 4.13. The van der Waals surface area contributed by atoms with Gasteiger partial charge in [0.15, 0.2) is 0 Å². The highest BCUT2D eigenvalue weighted by molar-refractivity contribution is 6.21. The van der Waals surface area contributed by atoms with Gasteiger partial charge >= 0.3 is 6.09 Å². The van der Waals surface area contributed by atoms with Crippen LogP contribution in [0.1, 0.15) is 38.2 Å². The van der Waals surface area contributed by atoms with Gasteiger partial charge in [-0.1, -0.05) is 0 Å². The van der Waals surface area contributed by atoms with E-state index in [0.29, 0.717) is 52.1 Å². The lowest BCUT2D eigenvalue weighted by molar-refractivity contribution is -0.131. The molecule has 0 unspecified atom stereocenters. The van der Waals surface area contributed by atoms with Crippen molar-refractivity contribution in [3.8, 4) is 6.07 Å². The quantitative estimate of drug-likeness (QED) is 0.615. The number of hydrogen-bond donors (Lipinski definition) is 2. The number of carboxylic acid groups (broad SMARTS) is 1. The number of anilines is 2. The molecule has 0 aromatic heterocycles. The second-order valence-electron chi connectivity index (χ2n) is 8.98. The van der Waals surface area contributed by atoms with Gasteiger partial charge in [-0.2, -0.15) is 5.26 Å². The third-order valence-corrected chi connectivity index (χ3v) is 6.86. The van der Waals surface area contributed by atoms with Gasteiger partial charge in [0, 0.05) is 38.3 Å². The third-order valence-electron chi connectivity index (χ3n) is 6.86. The van der Waals surface area contributed by atoms with Gasteiger partial charge in [0.1, 0.15) is 6.04 Å². The Bertz CT molecular complexity index is 1060. The normalized spacial score (nSPS) is 23.7. The topological polar surface area (TPSA) is 149 Å². The number of benzene rings is 1. The minimum absolute atomic E-state index is 0.160. The molecule has 0 radical (unpaired) electrons. The maximum atomic E-state index is 13.8. The predicted octanol–water partition coefficient (Wildman–Crippen LogP) is 1.64. The zero-order chi connectivity index (χ0) is 25.1. The number of nitriles is 1. The van der Waals surface area contributed by atoms with Crippen LogP contribution in [-0.4, -0.2) is 67.4 Å². The molecular formula is C24H28N4O7. The second-order valence-corrected chi connectivity index (χ2v) is 8.98. The Balaban J connectivity index is 1.86. The first-order valence-corrected chi connectivity index (χ1v) is 11.7. The largest absolute Gasteiger partial charge is 0.465 e. The predicted molar refractivity (Wildman–Crippen MR) is 123 cm³/mol. The van der Waals surface area contributed by atoms with Crippen molar-refractivity contribution < 1.29 is 33.8 Å². The minimum Gasteiger partial charge on any atom is -0.465 e. The number of imide groups is 1. The van der Waals surface area contributed by atoms with Crippen molar-refractivity contribution in [1.29, 1.82) is 5.26 Å². The highest BCUT2D eigenvalue weighted by atomic mass is 16.5. The average Bonchev–Trinajstić information content (AvgIpc) is 2.96. The number of nitrogens with one attached hydrogen (secondary N) is 1. The summed E-state index contributed by atoms with van der Waals surface area (Å²) < 4.78 is 10.7. The van der Waals surface area contributed by atoms with Crippen LogP contribution in [-0.2, 0) is 23.9 Å². The van der Waals surface area contributed by atoms with E-state index in [9.17, 15) is 29.5 Å². The van der Waals surface area contributed by atoms with Gasteiger partial charge in [-0.25, -0.2) is 9.69 Å². The van der Waals surface area contributed by atoms with Gasteiger partial charge in [0.05, 0.1) is 29.0 Å². The third kappa shape index (κ3) is 4.85. The molecule has 3 heterocycles. The Hall–Kier alpha value is -3.49. The lowest BCUT2D eigenvalue weighted by Crippen LogP contribution is -2.59. The van der Waals surface area contributed by atoms with Crippen LogP contribution < -0.4 is 15.1 Å². The zero-order valence-electron chi connectivity index (χ0n) is 19.4. The molecule has 186 valence electrons. The van der Waals surface area contributed by atoms with Crippen LogP contribution in [0.3, 0.4) is 0 Å². The average molecular weight is 485 g/mol. The first-order chi connectivity index (χ1) is 16.8. The summed E-state index contributed by atoms with van der Waals surface area (Å²) in [5.74, 6) is -2.43. The van der Waals surface area contributed by atoms with Crippen molar-refractivity contribution >= 4 is 35.2 Å². The summed E-state index contributed by atoms with van der Waals surface area (Å²) in [4.78, 5) is 55.2. The fourth-order valence-electron chi connectivity index (χ4n) is 4.94. The number of rotatable bonds is 3. The summed E-state index contributed by atoms with van der Waals surface area (Å²) in [5, 5.41) is 21.2. The lowest BCUT2D eigenvalue weighted by Gasteiger charge is -2.35. The molecule has 3 aliphatic heterocycles. The number of hydrogen-bond acceptors (Lipinski definition) is 7. The van der Waals surface area contributed by atoms with Crippen LogP contribution in [0.5, 0.6) is 0 Å². The summed E-state index contributed by atoms with van der Waals surface area (Å²) >= 11 is 0. The van der Waals surface area contributed by atoms with Crippen molar-refractivity contribution in [3.63, 3.8) is 0 Å². The van der Waals surface area contributed by atoms with E-state index in [-0.39, 0.29) is 22.8 Å². The summed E-state index contributed by atoms with van der Waals surface area (Å²) in [6.45, 7) is 3.14. The van der Waals surface area contributed by atoms with Crippen molar-refractivity contribution in [2.75, 3.05) is 36.2 Å². The Morgan fingerprint density at radius 2 is 1.57 bits per heavy atom.